The Morgan fingerprint density at radius 1 is 1.37 bits per heavy atom. The second-order valence-corrected chi connectivity index (χ2v) is 8.84. The van der Waals surface area contributed by atoms with Gasteiger partial charge in [-0.25, -0.2) is 9.67 Å². The highest BCUT2D eigenvalue weighted by Crippen LogP contribution is 2.32. The van der Waals surface area contributed by atoms with Gasteiger partial charge in [0.25, 0.3) is 0 Å². The molecule has 1 saturated carbocycles. The van der Waals surface area contributed by atoms with Crippen LogP contribution in [-0.4, -0.2) is 48.8 Å². The van der Waals surface area contributed by atoms with Gasteiger partial charge in [0.2, 0.25) is 11.1 Å². The Morgan fingerprint density at radius 2 is 2.15 bits per heavy atom. The third-order valence-corrected chi connectivity index (χ3v) is 7.22. The quantitative estimate of drug-likeness (QED) is 0.585. The minimum absolute atomic E-state index is 0.0488. The number of rotatable bonds is 6. The molecule has 27 heavy (non-hydrogen) atoms. The summed E-state index contributed by atoms with van der Waals surface area (Å²) in [5.74, 6) is 0.367. The first-order valence-corrected chi connectivity index (χ1v) is 11.0. The number of amides is 1. The zero-order valence-electron chi connectivity index (χ0n) is 15.4. The molecule has 142 valence electrons. The van der Waals surface area contributed by atoms with E-state index in [4.69, 9.17) is 0 Å². The molecule has 1 amide bonds. The second-order valence-electron chi connectivity index (χ2n) is 6.83. The molecule has 2 heterocycles. The molecule has 0 radical (unpaired) electrons. The molecule has 0 N–H and O–H groups in total. The number of hydrogen-bond donors (Lipinski definition) is 0. The number of aromatic nitrogens is 5. The fourth-order valence-electron chi connectivity index (χ4n) is 3.34. The van der Waals surface area contributed by atoms with Crippen LogP contribution in [0.2, 0.25) is 0 Å². The van der Waals surface area contributed by atoms with Gasteiger partial charge in [0.15, 0.2) is 0 Å². The summed E-state index contributed by atoms with van der Waals surface area (Å²) in [6.45, 7) is 2.02. The highest BCUT2D eigenvalue weighted by Gasteiger charge is 2.24. The smallest absolute Gasteiger partial charge is 0.233 e. The molecule has 0 bridgehead atoms. The van der Waals surface area contributed by atoms with E-state index in [1.807, 2.05) is 36.9 Å². The predicted octanol–water partition coefficient (Wildman–Crippen LogP) is 3.71. The lowest BCUT2D eigenvalue weighted by molar-refractivity contribution is -0.128. The lowest BCUT2D eigenvalue weighted by atomic mass is 10.3. The first-order valence-electron chi connectivity index (χ1n) is 9.15. The number of thioether (sulfide) groups is 1. The van der Waals surface area contributed by atoms with Crippen molar-refractivity contribution in [3.8, 4) is 0 Å². The molecule has 1 aromatic carbocycles. The molecule has 4 rings (SSSR count). The summed E-state index contributed by atoms with van der Waals surface area (Å²) in [5, 5.41) is 13.7. The Balaban J connectivity index is 1.40. The summed E-state index contributed by atoms with van der Waals surface area (Å²) in [4.78, 5) is 19.1. The zero-order valence-corrected chi connectivity index (χ0v) is 17.0. The Morgan fingerprint density at radius 3 is 2.93 bits per heavy atom. The molecule has 1 fully saturated rings. The standard InChI is InChI=1S/C18H22N6OS2/c1-12(17-19-14-9-5-6-10-15(14)27-17)23(2)16(25)11-26-18-20-21-22-24(18)13-7-3-4-8-13/h5-6,9-10,12-13H,3-4,7-8,11H2,1-2H3. The Kier molecular flexibility index (Phi) is 5.40. The summed E-state index contributed by atoms with van der Waals surface area (Å²) >= 11 is 3.05. The van der Waals surface area contributed by atoms with E-state index < -0.39 is 0 Å². The molecular formula is C18H22N6OS2. The van der Waals surface area contributed by atoms with Gasteiger partial charge in [0.1, 0.15) is 5.01 Å². The number of hydrogen-bond acceptors (Lipinski definition) is 7. The van der Waals surface area contributed by atoms with Crippen molar-refractivity contribution in [2.24, 2.45) is 0 Å². The molecule has 1 aliphatic rings. The van der Waals surface area contributed by atoms with Crippen LogP contribution in [0.3, 0.4) is 0 Å². The number of fused-ring (bicyclic) bond motifs is 1. The van der Waals surface area contributed by atoms with E-state index in [1.54, 1.807) is 16.2 Å². The van der Waals surface area contributed by atoms with Crippen molar-refractivity contribution in [2.75, 3.05) is 12.8 Å². The number of carbonyl (C=O) groups is 1. The SMILES string of the molecule is CC(c1nc2ccccc2s1)N(C)C(=O)CSc1nnnn1C1CCCC1. The fraction of sp³-hybridized carbons (Fsp3) is 0.500. The number of nitrogens with zero attached hydrogens (tertiary/aromatic N) is 6. The molecule has 7 nitrogen and oxygen atoms in total. The van der Waals surface area contributed by atoms with Gasteiger partial charge in [-0.1, -0.05) is 36.7 Å². The topological polar surface area (TPSA) is 76.8 Å². The van der Waals surface area contributed by atoms with Gasteiger partial charge in [-0.3, -0.25) is 4.79 Å². The first kappa shape index (κ1) is 18.4. The number of thiazole rings is 1. The predicted molar refractivity (Wildman–Crippen MR) is 107 cm³/mol. The van der Waals surface area contributed by atoms with Crippen LogP contribution in [0.5, 0.6) is 0 Å². The van der Waals surface area contributed by atoms with Crippen LogP contribution < -0.4 is 0 Å². The third kappa shape index (κ3) is 3.84. The molecule has 2 aromatic heterocycles. The summed E-state index contributed by atoms with van der Waals surface area (Å²) in [6, 6.07) is 8.36. The van der Waals surface area contributed by atoms with E-state index in [-0.39, 0.29) is 11.9 Å². The van der Waals surface area contributed by atoms with Crippen LogP contribution in [0, 0.1) is 0 Å². The average Bonchev–Trinajstić information content (AvgIpc) is 3.44. The van der Waals surface area contributed by atoms with Crippen molar-refractivity contribution in [3.05, 3.63) is 29.3 Å². The van der Waals surface area contributed by atoms with E-state index in [9.17, 15) is 4.79 Å². The molecule has 1 atom stereocenters. The highest BCUT2D eigenvalue weighted by molar-refractivity contribution is 7.99. The largest absolute Gasteiger partial charge is 0.336 e. The van der Waals surface area contributed by atoms with Crippen LogP contribution in [0.4, 0.5) is 0 Å². The van der Waals surface area contributed by atoms with Crippen LogP contribution in [0.15, 0.2) is 29.4 Å². The van der Waals surface area contributed by atoms with Gasteiger partial charge in [0.05, 0.1) is 28.1 Å². The monoisotopic (exact) mass is 402 g/mol. The average molecular weight is 403 g/mol. The number of carbonyl (C=O) groups excluding carboxylic acids is 1. The maximum Gasteiger partial charge on any atom is 0.233 e. The fourth-order valence-corrected chi connectivity index (χ4v) is 5.27. The molecule has 0 aliphatic heterocycles. The Hall–Kier alpha value is -2.00. The Labute approximate surface area is 166 Å². The van der Waals surface area contributed by atoms with Crippen molar-refractivity contribution in [3.63, 3.8) is 0 Å². The van der Waals surface area contributed by atoms with Crippen molar-refractivity contribution in [2.45, 2.75) is 49.8 Å². The second kappa shape index (κ2) is 7.93. The van der Waals surface area contributed by atoms with Crippen molar-refractivity contribution in [1.29, 1.82) is 0 Å². The summed E-state index contributed by atoms with van der Waals surface area (Å²) < 4.78 is 3.03. The molecule has 1 aliphatic carbocycles. The molecule has 3 aromatic rings. The summed E-state index contributed by atoms with van der Waals surface area (Å²) in [7, 11) is 1.83. The minimum Gasteiger partial charge on any atom is -0.336 e. The van der Waals surface area contributed by atoms with Crippen molar-refractivity contribution < 1.29 is 4.79 Å². The molecule has 0 saturated heterocycles. The minimum atomic E-state index is -0.0682. The number of tetrazole rings is 1. The molecule has 1 unspecified atom stereocenters. The van der Waals surface area contributed by atoms with Crippen LogP contribution in [0.25, 0.3) is 10.2 Å². The molecule has 0 spiro atoms. The van der Waals surface area contributed by atoms with Crippen molar-refractivity contribution in [1.82, 2.24) is 30.1 Å². The van der Waals surface area contributed by atoms with Crippen LogP contribution >= 0.6 is 23.1 Å². The van der Waals surface area contributed by atoms with Crippen molar-refractivity contribution >= 4 is 39.2 Å². The third-order valence-electron chi connectivity index (χ3n) is 5.10. The lowest BCUT2D eigenvalue weighted by Gasteiger charge is -2.23. The van der Waals surface area contributed by atoms with E-state index in [1.165, 1.54) is 24.6 Å². The maximum absolute atomic E-state index is 12.7. The van der Waals surface area contributed by atoms with E-state index in [0.29, 0.717) is 11.8 Å². The first-order chi connectivity index (χ1) is 13.1. The molecular weight excluding hydrogens is 380 g/mol. The maximum atomic E-state index is 12.7. The van der Waals surface area contributed by atoms with E-state index >= 15 is 0 Å². The van der Waals surface area contributed by atoms with Gasteiger partial charge in [-0.15, -0.1) is 16.4 Å². The zero-order chi connectivity index (χ0) is 18.8. The van der Waals surface area contributed by atoms with E-state index in [2.05, 4.69) is 26.6 Å². The van der Waals surface area contributed by atoms with Crippen LogP contribution in [0.1, 0.15) is 49.7 Å². The van der Waals surface area contributed by atoms with Gasteiger partial charge < -0.3 is 4.90 Å². The number of para-hydroxylation sites is 1. The van der Waals surface area contributed by atoms with Gasteiger partial charge in [0, 0.05) is 7.05 Å². The Bertz CT molecular complexity index is 900. The van der Waals surface area contributed by atoms with Gasteiger partial charge in [-0.2, -0.15) is 0 Å². The van der Waals surface area contributed by atoms with Gasteiger partial charge >= 0.3 is 0 Å². The van der Waals surface area contributed by atoms with E-state index in [0.717, 1.165) is 33.2 Å². The lowest BCUT2D eigenvalue weighted by Crippen LogP contribution is -2.31. The molecule has 9 heteroatoms. The highest BCUT2D eigenvalue weighted by atomic mass is 32.2. The normalized spacial score (nSPS) is 16.1. The van der Waals surface area contributed by atoms with Gasteiger partial charge in [-0.05, 0) is 42.3 Å². The summed E-state index contributed by atoms with van der Waals surface area (Å²) in [5.41, 5.74) is 0.982. The summed E-state index contributed by atoms with van der Waals surface area (Å²) in [6.07, 6.45) is 4.66. The van der Waals surface area contributed by atoms with Crippen LogP contribution in [-0.2, 0) is 4.79 Å². The number of benzene rings is 1.